The smallest absolute Gasteiger partial charge is 0.328 e. The second-order valence-corrected chi connectivity index (χ2v) is 5.88. The van der Waals surface area contributed by atoms with Crippen molar-refractivity contribution in [3.05, 3.63) is 0 Å². The second kappa shape index (κ2) is 5.90. The van der Waals surface area contributed by atoms with Crippen LogP contribution in [-0.2, 0) is 14.3 Å². The normalized spacial score (nSPS) is 35.2. The molecule has 0 spiro atoms. The number of aliphatic hydroxyl groups is 1. The third-order valence-corrected chi connectivity index (χ3v) is 4.40. The molecule has 5 nitrogen and oxygen atoms in total. The van der Waals surface area contributed by atoms with Gasteiger partial charge < -0.3 is 14.7 Å². The van der Waals surface area contributed by atoms with E-state index in [1.807, 2.05) is 0 Å². The van der Waals surface area contributed by atoms with Gasteiger partial charge in [0.15, 0.2) is 0 Å². The van der Waals surface area contributed by atoms with E-state index in [1.54, 1.807) is 0 Å². The number of esters is 1. The Labute approximate surface area is 113 Å². The van der Waals surface area contributed by atoms with Crippen LogP contribution in [0, 0.1) is 11.8 Å². The summed E-state index contributed by atoms with van der Waals surface area (Å²) in [5, 5.41) is 9.70. The summed E-state index contributed by atoms with van der Waals surface area (Å²) in [6, 6.07) is -0.605. The Morgan fingerprint density at radius 3 is 2.42 bits per heavy atom. The number of rotatable bonds is 2. The Morgan fingerprint density at radius 2 is 1.84 bits per heavy atom. The molecule has 0 aromatic carbocycles. The summed E-state index contributed by atoms with van der Waals surface area (Å²) in [6.45, 7) is 2.46. The quantitative estimate of drug-likeness (QED) is 0.758. The van der Waals surface area contributed by atoms with Crippen molar-refractivity contribution in [3.63, 3.8) is 0 Å². The molecule has 2 atom stereocenters. The van der Waals surface area contributed by atoms with Gasteiger partial charge in [0.05, 0.1) is 13.2 Å². The minimum Gasteiger partial charge on any atom is -0.467 e. The molecule has 1 saturated carbocycles. The Morgan fingerprint density at radius 1 is 1.21 bits per heavy atom. The first-order valence-electron chi connectivity index (χ1n) is 7.09. The van der Waals surface area contributed by atoms with Gasteiger partial charge in [-0.25, -0.2) is 4.79 Å². The molecular weight excluding hydrogens is 246 g/mol. The minimum atomic E-state index is -0.615. The molecule has 2 aliphatic rings. The number of likely N-dealkylation sites (tertiary alicyclic amines) is 1. The molecule has 1 heterocycles. The number of carbonyl (C=O) groups is 2. The zero-order chi connectivity index (χ0) is 14.0. The summed E-state index contributed by atoms with van der Waals surface area (Å²) in [6.07, 6.45) is 3.59. The SMILES string of the molecule is COC(=O)C1CC(O)CN1C(=O)C1CCC(C)CC1. The van der Waals surface area contributed by atoms with E-state index in [2.05, 4.69) is 6.92 Å². The molecule has 0 aromatic rings. The van der Waals surface area contributed by atoms with E-state index >= 15 is 0 Å². The van der Waals surface area contributed by atoms with Gasteiger partial charge in [-0.2, -0.15) is 0 Å². The van der Waals surface area contributed by atoms with E-state index in [9.17, 15) is 14.7 Å². The molecule has 19 heavy (non-hydrogen) atoms. The summed E-state index contributed by atoms with van der Waals surface area (Å²) in [5.74, 6) is 0.284. The predicted molar refractivity (Wildman–Crippen MR) is 69.3 cm³/mol. The van der Waals surface area contributed by atoms with Crippen LogP contribution < -0.4 is 0 Å². The summed E-state index contributed by atoms with van der Waals surface area (Å²) in [5.41, 5.74) is 0. The van der Waals surface area contributed by atoms with Crippen molar-refractivity contribution in [3.8, 4) is 0 Å². The Kier molecular flexibility index (Phi) is 4.45. The van der Waals surface area contributed by atoms with Crippen LogP contribution >= 0.6 is 0 Å². The summed E-state index contributed by atoms with van der Waals surface area (Å²) >= 11 is 0. The molecule has 0 aromatic heterocycles. The van der Waals surface area contributed by atoms with Crippen molar-refractivity contribution >= 4 is 11.9 Å². The number of hydrogen-bond acceptors (Lipinski definition) is 4. The van der Waals surface area contributed by atoms with Crippen LogP contribution in [0.5, 0.6) is 0 Å². The molecule has 1 N–H and O–H groups in total. The fourth-order valence-electron chi connectivity index (χ4n) is 3.16. The van der Waals surface area contributed by atoms with Gasteiger partial charge in [-0.05, 0) is 31.6 Å². The van der Waals surface area contributed by atoms with Crippen molar-refractivity contribution in [2.75, 3.05) is 13.7 Å². The monoisotopic (exact) mass is 269 g/mol. The highest BCUT2D eigenvalue weighted by atomic mass is 16.5. The maximum Gasteiger partial charge on any atom is 0.328 e. The van der Waals surface area contributed by atoms with Crippen LogP contribution in [0.3, 0.4) is 0 Å². The van der Waals surface area contributed by atoms with Crippen molar-refractivity contribution in [2.24, 2.45) is 11.8 Å². The van der Waals surface area contributed by atoms with Gasteiger partial charge in [0.2, 0.25) is 5.91 Å². The van der Waals surface area contributed by atoms with Crippen molar-refractivity contribution in [1.29, 1.82) is 0 Å². The molecule has 5 heteroatoms. The molecule has 1 aliphatic heterocycles. The maximum atomic E-state index is 12.5. The van der Waals surface area contributed by atoms with Gasteiger partial charge in [-0.3, -0.25) is 4.79 Å². The Balaban J connectivity index is 2.02. The number of hydrogen-bond donors (Lipinski definition) is 1. The third kappa shape index (κ3) is 3.08. The first-order chi connectivity index (χ1) is 9.02. The fraction of sp³-hybridized carbons (Fsp3) is 0.857. The number of aliphatic hydroxyl groups excluding tert-OH is 1. The van der Waals surface area contributed by atoms with Crippen LogP contribution in [0.25, 0.3) is 0 Å². The van der Waals surface area contributed by atoms with E-state index in [4.69, 9.17) is 4.74 Å². The standard InChI is InChI=1S/C14H23NO4/c1-9-3-5-10(6-4-9)13(17)15-8-11(16)7-12(15)14(18)19-2/h9-12,16H,3-8H2,1-2H3. The number of carbonyl (C=O) groups excluding carboxylic acids is 2. The Bertz CT molecular complexity index is 349. The van der Waals surface area contributed by atoms with E-state index in [1.165, 1.54) is 12.0 Å². The van der Waals surface area contributed by atoms with Crippen molar-refractivity contribution in [2.45, 2.75) is 51.2 Å². The molecule has 108 valence electrons. The molecule has 1 saturated heterocycles. The number of methoxy groups -OCH3 is 1. The highest BCUT2D eigenvalue weighted by Gasteiger charge is 2.42. The van der Waals surface area contributed by atoms with Gasteiger partial charge >= 0.3 is 5.97 Å². The van der Waals surface area contributed by atoms with Crippen molar-refractivity contribution in [1.82, 2.24) is 4.90 Å². The summed E-state index contributed by atoms with van der Waals surface area (Å²) in [7, 11) is 1.32. The topological polar surface area (TPSA) is 66.8 Å². The lowest BCUT2D eigenvalue weighted by atomic mass is 9.82. The van der Waals surface area contributed by atoms with Gasteiger partial charge in [0.1, 0.15) is 6.04 Å². The highest BCUT2D eigenvalue weighted by molar-refractivity contribution is 5.86. The lowest BCUT2D eigenvalue weighted by Gasteiger charge is -2.31. The molecule has 0 bridgehead atoms. The number of β-amino-alcohol motifs (C(OH)–C–C–N with tert-alkyl or cyclic N) is 1. The van der Waals surface area contributed by atoms with Gasteiger partial charge in [-0.1, -0.05) is 6.92 Å². The maximum absolute atomic E-state index is 12.5. The zero-order valence-corrected chi connectivity index (χ0v) is 11.7. The highest BCUT2D eigenvalue weighted by Crippen LogP contribution is 2.31. The zero-order valence-electron chi connectivity index (χ0n) is 11.7. The number of nitrogens with zero attached hydrogens (tertiary/aromatic N) is 1. The van der Waals surface area contributed by atoms with E-state index in [0.717, 1.165) is 25.7 Å². The lowest BCUT2D eigenvalue weighted by molar-refractivity contribution is -0.152. The lowest BCUT2D eigenvalue weighted by Crippen LogP contribution is -2.44. The second-order valence-electron chi connectivity index (χ2n) is 5.88. The minimum absolute atomic E-state index is 0.00801. The Hall–Kier alpha value is -1.10. The first kappa shape index (κ1) is 14.3. The number of amides is 1. The average Bonchev–Trinajstić information content (AvgIpc) is 2.80. The van der Waals surface area contributed by atoms with Crippen LogP contribution in [0.1, 0.15) is 39.0 Å². The van der Waals surface area contributed by atoms with E-state index in [-0.39, 0.29) is 18.4 Å². The van der Waals surface area contributed by atoms with Crippen LogP contribution in [0.15, 0.2) is 0 Å². The fourth-order valence-corrected chi connectivity index (χ4v) is 3.16. The first-order valence-corrected chi connectivity index (χ1v) is 7.09. The summed E-state index contributed by atoms with van der Waals surface area (Å²) < 4.78 is 4.72. The molecule has 2 unspecified atom stereocenters. The third-order valence-electron chi connectivity index (χ3n) is 4.40. The summed E-state index contributed by atoms with van der Waals surface area (Å²) in [4.78, 5) is 25.7. The van der Waals surface area contributed by atoms with Gasteiger partial charge in [0, 0.05) is 18.9 Å². The molecular formula is C14H23NO4. The van der Waals surface area contributed by atoms with Crippen LogP contribution in [0.4, 0.5) is 0 Å². The molecule has 2 fully saturated rings. The van der Waals surface area contributed by atoms with Gasteiger partial charge in [-0.15, -0.1) is 0 Å². The van der Waals surface area contributed by atoms with E-state index < -0.39 is 18.1 Å². The molecule has 0 radical (unpaired) electrons. The van der Waals surface area contributed by atoms with Crippen LogP contribution in [-0.4, -0.2) is 47.7 Å². The van der Waals surface area contributed by atoms with Crippen LogP contribution in [0.2, 0.25) is 0 Å². The van der Waals surface area contributed by atoms with E-state index in [0.29, 0.717) is 12.3 Å². The largest absolute Gasteiger partial charge is 0.467 e. The molecule has 1 aliphatic carbocycles. The molecule has 2 rings (SSSR count). The average molecular weight is 269 g/mol. The predicted octanol–water partition coefficient (Wildman–Crippen LogP) is 0.947. The number of ether oxygens (including phenoxy) is 1. The molecule has 1 amide bonds. The van der Waals surface area contributed by atoms with Crippen molar-refractivity contribution < 1.29 is 19.4 Å². The van der Waals surface area contributed by atoms with Gasteiger partial charge in [0.25, 0.3) is 0 Å².